The number of ether oxygens (including phenoxy) is 2. The summed E-state index contributed by atoms with van der Waals surface area (Å²) in [5.41, 5.74) is 1.91. The molecular weight excluding hydrogens is 472 g/mol. The Labute approximate surface area is 205 Å². The van der Waals surface area contributed by atoms with Crippen molar-refractivity contribution in [2.24, 2.45) is 5.10 Å². The van der Waals surface area contributed by atoms with Gasteiger partial charge in [0.15, 0.2) is 20.3 Å². The molecule has 4 unspecified atom stereocenters. The second-order valence-electron chi connectivity index (χ2n) is 7.91. The van der Waals surface area contributed by atoms with Crippen molar-refractivity contribution in [2.45, 2.75) is 57.8 Å². The van der Waals surface area contributed by atoms with Crippen LogP contribution in [0.2, 0.25) is 0 Å². The fourth-order valence-electron chi connectivity index (χ4n) is 2.95. The third kappa shape index (κ3) is 7.82. The molecular formula is C24H34N3O3P2S+. The van der Waals surface area contributed by atoms with Crippen LogP contribution in [0.25, 0.3) is 0 Å². The van der Waals surface area contributed by atoms with Crippen LogP contribution >= 0.6 is 15.3 Å². The monoisotopic (exact) mass is 506 g/mol. The van der Waals surface area contributed by atoms with E-state index in [2.05, 4.69) is 31.2 Å². The van der Waals surface area contributed by atoms with Gasteiger partial charge in [0, 0.05) is 13.3 Å². The summed E-state index contributed by atoms with van der Waals surface area (Å²) in [6.07, 6.45) is 3.71. The Balaban J connectivity index is 2.06. The number of nitrogens with zero attached hydrogens (tertiary/aromatic N) is 2. The Hall–Kier alpha value is -1.91. The SMILES string of the molecule is CCC(C)Oc1ccc(C=NN(C)[P+](=S)C(C)(CC)Oc2ccc(C(NC)P=O)cc2)cc1. The molecule has 9 heteroatoms. The summed E-state index contributed by atoms with van der Waals surface area (Å²) in [5, 5.41) is 7.03. The molecule has 4 atom stereocenters. The van der Waals surface area contributed by atoms with Crippen molar-refractivity contribution in [1.82, 2.24) is 10.1 Å². The number of benzene rings is 2. The number of rotatable bonds is 13. The smallest absolute Gasteiger partial charge is 0.358 e. The second-order valence-corrected chi connectivity index (χ2v) is 11.7. The summed E-state index contributed by atoms with van der Waals surface area (Å²) >= 11 is 5.87. The van der Waals surface area contributed by atoms with Crippen molar-refractivity contribution in [1.29, 1.82) is 0 Å². The van der Waals surface area contributed by atoms with E-state index in [1.807, 2.05) is 67.3 Å². The van der Waals surface area contributed by atoms with E-state index >= 15 is 0 Å². The Bertz CT molecular complexity index is 941. The molecule has 33 heavy (non-hydrogen) atoms. The van der Waals surface area contributed by atoms with Gasteiger partial charge in [-0.3, -0.25) is 4.57 Å². The van der Waals surface area contributed by atoms with E-state index in [1.165, 1.54) is 0 Å². The maximum atomic E-state index is 11.3. The molecule has 1 N–H and O–H groups in total. The largest absolute Gasteiger partial charge is 0.491 e. The molecule has 0 aliphatic heterocycles. The first-order valence-corrected chi connectivity index (χ1v) is 14.3. The van der Waals surface area contributed by atoms with Crippen LogP contribution in [-0.4, -0.2) is 36.5 Å². The van der Waals surface area contributed by atoms with Crippen molar-refractivity contribution in [3.8, 4) is 11.5 Å². The summed E-state index contributed by atoms with van der Waals surface area (Å²) in [6, 6.07) is 15.5. The highest BCUT2D eigenvalue weighted by Gasteiger charge is 2.45. The van der Waals surface area contributed by atoms with Gasteiger partial charge in [-0.25, -0.2) is 0 Å². The van der Waals surface area contributed by atoms with E-state index in [4.69, 9.17) is 21.3 Å². The highest BCUT2D eigenvalue weighted by molar-refractivity contribution is 8.04. The number of hydrazone groups is 1. The van der Waals surface area contributed by atoms with Crippen molar-refractivity contribution >= 4 is 33.3 Å². The molecule has 2 aromatic carbocycles. The zero-order valence-corrected chi connectivity index (χ0v) is 22.8. The van der Waals surface area contributed by atoms with Gasteiger partial charge in [-0.05, 0) is 67.9 Å². The van der Waals surface area contributed by atoms with Gasteiger partial charge >= 0.3 is 6.85 Å². The van der Waals surface area contributed by atoms with Crippen LogP contribution in [0, 0.1) is 0 Å². The minimum atomic E-state index is -1.15. The summed E-state index contributed by atoms with van der Waals surface area (Å²) < 4.78 is 25.3. The molecule has 0 saturated carbocycles. The molecule has 0 aliphatic carbocycles. The zero-order chi connectivity index (χ0) is 24.4. The molecule has 6 nitrogen and oxygen atoms in total. The van der Waals surface area contributed by atoms with Crippen molar-refractivity contribution < 1.29 is 14.0 Å². The highest BCUT2D eigenvalue weighted by atomic mass is 32.4. The summed E-state index contributed by atoms with van der Waals surface area (Å²) in [7, 11) is 3.70. The zero-order valence-electron chi connectivity index (χ0n) is 20.2. The van der Waals surface area contributed by atoms with Crippen LogP contribution in [0.4, 0.5) is 0 Å². The molecule has 178 valence electrons. The van der Waals surface area contributed by atoms with Crippen molar-refractivity contribution in [2.75, 3.05) is 14.1 Å². The van der Waals surface area contributed by atoms with Gasteiger partial charge < -0.3 is 14.8 Å². The van der Waals surface area contributed by atoms with E-state index in [9.17, 15) is 4.57 Å². The molecule has 0 spiro atoms. The Morgan fingerprint density at radius 1 is 1.18 bits per heavy atom. The predicted molar refractivity (Wildman–Crippen MR) is 142 cm³/mol. The lowest BCUT2D eigenvalue weighted by Crippen LogP contribution is -2.30. The van der Waals surface area contributed by atoms with E-state index in [-0.39, 0.29) is 20.3 Å². The molecule has 0 saturated heterocycles. The molecule has 0 fully saturated rings. The van der Waals surface area contributed by atoms with Gasteiger partial charge in [-0.1, -0.05) is 26.0 Å². The summed E-state index contributed by atoms with van der Waals surface area (Å²) in [6.45, 7) is 7.11. The molecule has 0 aliphatic rings. The molecule has 2 rings (SSSR count). The second kappa shape index (κ2) is 13.1. The van der Waals surface area contributed by atoms with Crippen LogP contribution in [0.3, 0.4) is 0 Å². The van der Waals surface area contributed by atoms with Gasteiger partial charge in [0.05, 0.1) is 19.4 Å². The topological polar surface area (TPSA) is 63.2 Å². The first-order valence-electron chi connectivity index (χ1n) is 11.1. The molecule has 0 amide bonds. The van der Waals surface area contributed by atoms with Crippen LogP contribution in [0.1, 0.15) is 57.4 Å². The van der Waals surface area contributed by atoms with E-state index < -0.39 is 12.2 Å². The Morgan fingerprint density at radius 3 is 2.30 bits per heavy atom. The summed E-state index contributed by atoms with van der Waals surface area (Å²) in [4.78, 5) is 0. The maximum Gasteiger partial charge on any atom is 0.358 e. The Morgan fingerprint density at radius 2 is 1.79 bits per heavy atom. The third-order valence-corrected chi connectivity index (χ3v) is 9.88. The summed E-state index contributed by atoms with van der Waals surface area (Å²) in [5.74, 6) is 1.35. The number of nitrogens with one attached hydrogen (secondary N) is 1. The molecule has 2 aromatic rings. The molecule has 0 aromatic heterocycles. The van der Waals surface area contributed by atoms with Crippen molar-refractivity contribution in [3.63, 3.8) is 0 Å². The van der Waals surface area contributed by atoms with Crippen LogP contribution in [0.5, 0.6) is 11.5 Å². The van der Waals surface area contributed by atoms with Gasteiger partial charge in [0.1, 0.15) is 17.3 Å². The quantitative estimate of drug-likeness (QED) is 0.185. The number of hydrogen-bond acceptors (Lipinski definition) is 6. The molecule has 0 bridgehead atoms. The first-order chi connectivity index (χ1) is 15.8. The normalized spacial score (nSPS) is 15.6. The van der Waals surface area contributed by atoms with Gasteiger partial charge in [-0.15, -0.1) is 9.88 Å². The minimum absolute atomic E-state index is 0.0320. The lowest BCUT2D eigenvalue weighted by molar-refractivity contribution is 0.171. The first kappa shape index (κ1) is 27.3. The van der Waals surface area contributed by atoms with Crippen LogP contribution < -0.4 is 14.8 Å². The minimum Gasteiger partial charge on any atom is -0.491 e. The average Bonchev–Trinajstić information content (AvgIpc) is 2.84. The van der Waals surface area contributed by atoms with E-state index in [1.54, 1.807) is 13.3 Å². The highest BCUT2D eigenvalue weighted by Crippen LogP contribution is 2.45. The van der Waals surface area contributed by atoms with Crippen LogP contribution in [0.15, 0.2) is 53.6 Å². The maximum absolute atomic E-state index is 11.3. The average molecular weight is 507 g/mol. The predicted octanol–water partition coefficient (Wildman–Crippen LogP) is 6.70. The standard InChI is InChI=1S/C24H34N3O3P2S/c1-7-18(3)29-21-13-9-19(10-14-21)17-26-27(6)32(33)24(4,8-2)30-22-15-11-20(12-16-22)23(25-5)31-28/h9-18,23,25H,7-8H2,1-6H3/q+1. The van der Waals surface area contributed by atoms with Gasteiger partial charge in [0.2, 0.25) is 0 Å². The lowest BCUT2D eigenvalue weighted by atomic mass is 10.2. The third-order valence-electron chi connectivity index (χ3n) is 5.40. The fourth-order valence-corrected chi connectivity index (χ4v) is 5.19. The van der Waals surface area contributed by atoms with Crippen LogP contribution in [-0.2, 0) is 16.4 Å². The van der Waals surface area contributed by atoms with E-state index in [0.29, 0.717) is 0 Å². The molecule has 0 radical (unpaired) electrons. The fraction of sp³-hybridized carbons (Fsp3) is 0.458. The van der Waals surface area contributed by atoms with Crippen molar-refractivity contribution in [3.05, 3.63) is 59.7 Å². The van der Waals surface area contributed by atoms with E-state index in [0.717, 1.165) is 35.5 Å². The lowest BCUT2D eigenvalue weighted by Gasteiger charge is -2.23. The number of hydrogen-bond donors (Lipinski definition) is 1. The molecule has 0 heterocycles. The Kier molecular flexibility index (Phi) is 10.9. The van der Waals surface area contributed by atoms with Gasteiger partial charge in [0.25, 0.3) is 5.34 Å². The van der Waals surface area contributed by atoms with Gasteiger partial charge in [-0.2, -0.15) is 0 Å².